The van der Waals surface area contributed by atoms with E-state index in [-0.39, 0.29) is 25.3 Å². The van der Waals surface area contributed by atoms with Crippen molar-refractivity contribution in [3.63, 3.8) is 0 Å². The van der Waals surface area contributed by atoms with Crippen molar-refractivity contribution < 1.29 is 28.4 Å². The number of carbonyl (C=O) groups excluding carboxylic acids is 5. The van der Waals surface area contributed by atoms with E-state index >= 15 is 0 Å². The summed E-state index contributed by atoms with van der Waals surface area (Å²) >= 11 is 0. The zero-order chi connectivity index (χ0) is 21.8. The van der Waals surface area contributed by atoms with Gasteiger partial charge in [-0.25, -0.2) is 0 Å². The summed E-state index contributed by atoms with van der Waals surface area (Å²) in [6, 6.07) is 5.18. The summed E-state index contributed by atoms with van der Waals surface area (Å²) in [6.45, 7) is 3.67. The summed E-state index contributed by atoms with van der Waals surface area (Å²) in [4.78, 5) is 60.8. The molecule has 2 atom stereocenters. The van der Waals surface area contributed by atoms with Crippen molar-refractivity contribution in [3.05, 3.63) is 36.1 Å². The van der Waals surface area contributed by atoms with Crippen LogP contribution in [0.3, 0.4) is 0 Å². The van der Waals surface area contributed by atoms with Gasteiger partial charge in [-0.2, -0.15) is 0 Å². The molecule has 1 fully saturated rings. The highest BCUT2D eigenvalue weighted by molar-refractivity contribution is 6.39. The van der Waals surface area contributed by atoms with Gasteiger partial charge in [0.25, 0.3) is 11.8 Å². The molecule has 9 heteroatoms. The summed E-state index contributed by atoms with van der Waals surface area (Å²) < 4.78 is 5.38. The fourth-order valence-corrected chi connectivity index (χ4v) is 3.29. The molecule has 30 heavy (non-hydrogen) atoms. The van der Waals surface area contributed by atoms with E-state index in [1.54, 1.807) is 38.1 Å². The summed E-state index contributed by atoms with van der Waals surface area (Å²) in [5.74, 6) is -4.06. The lowest BCUT2D eigenvalue weighted by Gasteiger charge is -2.26. The average molecular weight is 413 g/mol. The lowest BCUT2D eigenvalue weighted by Crippen LogP contribution is -2.58. The van der Waals surface area contributed by atoms with Crippen molar-refractivity contribution in [2.45, 2.75) is 38.8 Å². The first kappa shape index (κ1) is 21.2. The number of carbonyl (C=O) groups is 5. The number of fused-ring (bicyclic) bond motifs is 1. The minimum atomic E-state index is -1.03. The molecule has 0 saturated carbocycles. The number of Topliss-reactive ketones (excluding diaryl/α,β-unsaturated/α-hetero) is 2. The first-order valence-corrected chi connectivity index (χ1v) is 9.69. The van der Waals surface area contributed by atoms with Crippen molar-refractivity contribution in [2.24, 2.45) is 5.92 Å². The third kappa shape index (κ3) is 4.56. The Morgan fingerprint density at radius 1 is 1.20 bits per heavy atom. The number of benzene rings is 1. The lowest BCUT2D eigenvalue weighted by atomic mass is 9.99. The monoisotopic (exact) mass is 413 g/mol. The number of hydrogen-bond donors (Lipinski definition) is 3. The number of piperidine rings is 1. The van der Waals surface area contributed by atoms with Gasteiger partial charge in [0, 0.05) is 23.9 Å². The van der Waals surface area contributed by atoms with E-state index in [0.29, 0.717) is 11.1 Å². The molecule has 3 N–H and O–H groups in total. The van der Waals surface area contributed by atoms with E-state index in [1.165, 1.54) is 6.26 Å². The van der Waals surface area contributed by atoms with Crippen LogP contribution in [0.1, 0.15) is 25.8 Å². The van der Waals surface area contributed by atoms with Crippen molar-refractivity contribution >= 4 is 40.3 Å². The van der Waals surface area contributed by atoms with Crippen molar-refractivity contribution in [2.75, 3.05) is 6.54 Å². The third-order valence-corrected chi connectivity index (χ3v) is 4.98. The molecule has 9 nitrogen and oxygen atoms in total. The van der Waals surface area contributed by atoms with Crippen LogP contribution in [0.15, 0.2) is 34.9 Å². The Morgan fingerprint density at radius 2 is 1.93 bits per heavy atom. The molecule has 0 bridgehead atoms. The number of hydrogen-bond acceptors (Lipinski definition) is 6. The molecule has 1 aromatic heterocycles. The van der Waals surface area contributed by atoms with Crippen LogP contribution < -0.4 is 16.0 Å². The maximum Gasteiger partial charge on any atom is 0.289 e. The fraction of sp³-hybridized carbons (Fsp3) is 0.381. The van der Waals surface area contributed by atoms with Gasteiger partial charge in [0.1, 0.15) is 11.6 Å². The fourth-order valence-electron chi connectivity index (χ4n) is 3.29. The quantitative estimate of drug-likeness (QED) is 0.558. The highest BCUT2D eigenvalue weighted by Gasteiger charge is 2.34. The zero-order valence-corrected chi connectivity index (χ0v) is 16.7. The minimum Gasteiger partial charge on any atom is -0.464 e. The third-order valence-electron chi connectivity index (χ3n) is 4.98. The van der Waals surface area contributed by atoms with E-state index in [4.69, 9.17) is 4.42 Å². The maximum atomic E-state index is 12.6. The Hall–Kier alpha value is -3.49. The van der Waals surface area contributed by atoms with Crippen LogP contribution in [-0.2, 0) is 30.4 Å². The van der Waals surface area contributed by atoms with Crippen LogP contribution >= 0.6 is 0 Å². The summed E-state index contributed by atoms with van der Waals surface area (Å²) in [6.07, 6.45) is 1.53. The van der Waals surface area contributed by atoms with Gasteiger partial charge in [-0.05, 0) is 18.4 Å². The second-order valence-corrected chi connectivity index (χ2v) is 7.52. The molecule has 1 aliphatic rings. The van der Waals surface area contributed by atoms with E-state index in [2.05, 4.69) is 16.0 Å². The molecular formula is C21H23N3O6. The van der Waals surface area contributed by atoms with E-state index in [9.17, 15) is 24.0 Å². The van der Waals surface area contributed by atoms with Gasteiger partial charge in [-0.3, -0.25) is 24.0 Å². The van der Waals surface area contributed by atoms with Crippen LogP contribution in [0.25, 0.3) is 11.0 Å². The van der Waals surface area contributed by atoms with Gasteiger partial charge in [0.05, 0.1) is 12.3 Å². The number of furan rings is 1. The molecule has 2 aromatic rings. The van der Waals surface area contributed by atoms with E-state index < -0.39 is 41.4 Å². The van der Waals surface area contributed by atoms with Crippen molar-refractivity contribution in [3.8, 4) is 0 Å². The topological polar surface area (TPSA) is 135 Å². The number of rotatable bonds is 7. The Bertz CT molecular complexity index is 1010. The van der Waals surface area contributed by atoms with Crippen LogP contribution in [-0.4, -0.2) is 47.9 Å². The first-order chi connectivity index (χ1) is 14.3. The molecule has 2 heterocycles. The molecule has 0 aliphatic carbocycles. The zero-order valence-electron chi connectivity index (χ0n) is 16.7. The van der Waals surface area contributed by atoms with E-state index in [1.807, 2.05) is 0 Å². The van der Waals surface area contributed by atoms with Crippen LogP contribution in [0.5, 0.6) is 0 Å². The van der Waals surface area contributed by atoms with Crippen molar-refractivity contribution in [1.29, 1.82) is 0 Å². The highest BCUT2D eigenvalue weighted by atomic mass is 16.3. The molecule has 3 amide bonds. The SMILES string of the molecule is CC(C)C(NC(=O)C(=O)Cc1coc2ccccc12)C(=O)NC1CCNC(=O)C1=O. The number of para-hydroxylation sites is 1. The largest absolute Gasteiger partial charge is 0.464 e. The van der Waals surface area contributed by atoms with Gasteiger partial charge < -0.3 is 20.4 Å². The number of ketones is 2. The predicted molar refractivity (Wildman–Crippen MR) is 106 cm³/mol. The molecule has 0 spiro atoms. The van der Waals surface area contributed by atoms with Gasteiger partial charge in [0.2, 0.25) is 17.5 Å². The van der Waals surface area contributed by atoms with E-state index in [0.717, 1.165) is 5.39 Å². The summed E-state index contributed by atoms with van der Waals surface area (Å²) in [5.41, 5.74) is 1.19. The maximum absolute atomic E-state index is 12.6. The second-order valence-electron chi connectivity index (χ2n) is 7.52. The highest BCUT2D eigenvalue weighted by Crippen LogP contribution is 2.21. The summed E-state index contributed by atoms with van der Waals surface area (Å²) in [7, 11) is 0. The Morgan fingerprint density at radius 3 is 2.67 bits per heavy atom. The second kappa shape index (κ2) is 8.89. The van der Waals surface area contributed by atoms with Crippen LogP contribution in [0.2, 0.25) is 0 Å². The molecule has 1 aliphatic heterocycles. The van der Waals surface area contributed by atoms with Crippen LogP contribution in [0, 0.1) is 5.92 Å². The Labute approximate surface area is 172 Å². The molecule has 3 rings (SSSR count). The van der Waals surface area contributed by atoms with Crippen molar-refractivity contribution in [1.82, 2.24) is 16.0 Å². The average Bonchev–Trinajstić information content (AvgIpc) is 3.12. The number of amides is 3. The molecular weight excluding hydrogens is 390 g/mol. The van der Waals surface area contributed by atoms with Gasteiger partial charge in [-0.15, -0.1) is 0 Å². The van der Waals surface area contributed by atoms with Gasteiger partial charge >= 0.3 is 0 Å². The van der Waals surface area contributed by atoms with Gasteiger partial charge in [-0.1, -0.05) is 32.0 Å². The molecule has 2 unspecified atom stereocenters. The molecule has 1 aromatic carbocycles. The smallest absolute Gasteiger partial charge is 0.289 e. The minimum absolute atomic E-state index is 0.170. The molecule has 1 saturated heterocycles. The lowest BCUT2D eigenvalue weighted by molar-refractivity contribution is -0.142. The predicted octanol–water partition coefficient (Wildman–Crippen LogP) is 0.259. The van der Waals surface area contributed by atoms with Gasteiger partial charge in [0.15, 0.2) is 0 Å². The molecule has 158 valence electrons. The Kier molecular flexibility index (Phi) is 6.29. The van der Waals surface area contributed by atoms with Crippen LogP contribution in [0.4, 0.5) is 0 Å². The Balaban J connectivity index is 1.64. The molecule has 0 radical (unpaired) electrons. The summed E-state index contributed by atoms with van der Waals surface area (Å²) in [5, 5.41) is 8.10. The standard InChI is InChI=1S/C21H23N3O6/c1-11(2)17(20(28)23-14-7-8-22-21(29)18(14)26)24-19(27)15(25)9-12-10-30-16-6-4-3-5-13(12)16/h3-6,10-11,14,17H,7-9H2,1-2H3,(H,22,29)(H,23,28)(H,24,27). The number of nitrogens with one attached hydrogen (secondary N) is 3. The first-order valence-electron chi connectivity index (χ1n) is 9.69. The normalized spacial score (nSPS) is 17.5.